The first-order valence-corrected chi connectivity index (χ1v) is 10.5. The summed E-state index contributed by atoms with van der Waals surface area (Å²) in [5, 5.41) is 6.53. The molecule has 0 aliphatic carbocycles. The van der Waals surface area contributed by atoms with Crippen molar-refractivity contribution in [1.82, 2.24) is 4.98 Å². The minimum Gasteiger partial charge on any atom is -0.322 e. The number of benzene rings is 2. The number of amides is 1. The van der Waals surface area contributed by atoms with Crippen LogP contribution in [0.4, 0.5) is 18.9 Å². The smallest absolute Gasteiger partial charge is 0.322 e. The zero-order chi connectivity index (χ0) is 22.6. The van der Waals surface area contributed by atoms with Crippen molar-refractivity contribution in [3.63, 3.8) is 0 Å². The van der Waals surface area contributed by atoms with Crippen molar-refractivity contribution in [2.75, 3.05) is 5.32 Å². The second-order valence-corrected chi connectivity index (χ2v) is 7.83. The molecule has 4 rings (SSSR count). The summed E-state index contributed by atoms with van der Waals surface area (Å²) in [4.78, 5) is 17.4. The quantitative estimate of drug-likeness (QED) is 0.264. The van der Waals surface area contributed by atoms with Gasteiger partial charge in [-0.1, -0.05) is 42.5 Å². The van der Waals surface area contributed by atoms with E-state index in [2.05, 4.69) is 10.3 Å². The molecule has 2 heterocycles. The highest BCUT2D eigenvalue weighted by Crippen LogP contribution is 2.32. The summed E-state index contributed by atoms with van der Waals surface area (Å²) in [6.07, 6.45) is 3.70. The number of carbonyl (C=O) groups is 1. The molecule has 0 saturated carbocycles. The zero-order valence-corrected chi connectivity index (χ0v) is 17.5. The fourth-order valence-corrected chi connectivity index (χ4v) is 4.00. The summed E-state index contributed by atoms with van der Waals surface area (Å²) in [5.41, 5.74) is 1.33. The first-order valence-electron chi connectivity index (χ1n) is 9.65. The summed E-state index contributed by atoms with van der Waals surface area (Å²) in [6, 6.07) is 16.1. The lowest BCUT2D eigenvalue weighted by atomic mass is 10.0. The minimum atomic E-state index is -4.39. The molecule has 0 radical (unpaired) electrons. The van der Waals surface area contributed by atoms with Crippen LogP contribution in [0, 0.1) is 0 Å². The van der Waals surface area contributed by atoms with E-state index in [0.29, 0.717) is 11.3 Å². The van der Waals surface area contributed by atoms with E-state index in [4.69, 9.17) is 0 Å². The van der Waals surface area contributed by atoms with Gasteiger partial charge in [-0.25, -0.2) is 0 Å². The molecule has 0 bridgehead atoms. The molecular weight excluding hydrogens is 433 g/mol. The van der Waals surface area contributed by atoms with Crippen LogP contribution in [0.5, 0.6) is 0 Å². The Morgan fingerprint density at radius 3 is 2.53 bits per heavy atom. The third kappa shape index (κ3) is 4.95. The number of aromatic nitrogens is 1. The zero-order valence-electron chi connectivity index (χ0n) is 16.6. The molecule has 32 heavy (non-hydrogen) atoms. The van der Waals surface area contributed by atoms with Crippen molar-refractivity contribution >= 4 is 39.3 Å². The van der Waals surface area contributed by atoms with Crippen LogP contribution < -0.4 is 5.32 Å². The van der Waals surface area contributed by atoms with Crippen LogP contribution in [0.1, 0.15) is 16.0 Å². The molecule has 0 unspecified atom stereocenters. The maximum atomic E-state index is 12.9. The molecular formula is C25H17F3N2OS. The molecule has 0 spiro atoms. The topological polar surface area (TPSA) is 42.0 Å². The summed E-state index contributed by atoms with van der Waals surface area (Å²) >= 11 is 1.47. The Labute approximate surface area is 186 Å². The number of allylic oxidation sites excluding steroid dienone is 2. The molecule has 0 atom stereocenters. The Morgan fingerprint density at radius 2 is 1.81 bits per heavy atom. The van der Waals surface area contributed by atoms with Crippen LogP contribution >= 0.6 is 11.3 Å². The molecule has 7 heteroatoms. The average Bonchev–Trinajstić information content (AvgIpc) is 3.31. The number of pyridine rings is 1. The number of halogens is 3. The number of thiophene rings is 1. The minimum absolute atomic E-state index is 0.316. The van der Waals surface area contributed by atoms with E-state index >= 15 is 0 Å². The molecule has 0 saturated heterocycles. The molecule has 160 valence electrons. The summed E-state index contributed by atoms with van der Waals surface area (Å²) < 4.78 is 38.7. The van der Waals surface area contributed by atoms with Gasteiger partial charge in [-0.2, -0.15) is 13.2 Å². The third-order valence-electron chi connectivity index (χ3n) is 4.76. The van der Waals surface area contributed by atoms with Gasteiger partial charge in [-0.05, 0) is 46.8 Å². The first kappa shape index (κ1) is 21.5. The number of nitrogens with zero attached hydrogens (tertiary/aromatic N) is 1. The Balaban J connectivity index is 1.57. The maximum absolute atomic E-state index is 12.9. The summed E-state index contributed by atoms with van der Waals surface area (Å²) in [5.74, 6) is -0.316. The van der Waals surface area contributed by atoms with E-state index in [1.54, 1.807) is 24.5 Å². The lowest BCUT2D eigenvalue weighted by molar-refractivity contribution is -0.137. The fourth-order valence-electron chi connectivity index (χ4n) is 3.23. The van der Waals surface area contributed by atoms with Crippen LogP contribution in [0.25, 0.3) is 16.3 Å². The molecule has 0 aliphatic rings. The maximum Gasteiger partial charge on any atom is 0.416 e. The largest absolute Gasteiger partial charge is 0.416 e. The summed E-state index contributed by atoms with van der Waals surface area (Å²) in [7, 11) is 0. The van der Waals surface area contributed by atoms with Gasteiger partial charge >= 0.3 is 6.18 Å². The molecule has 2 aromatic heterocycles. The molecule has 0 fully saturated rings. The van der Waals surface area contributed by atoms with Gasteiger partial charge in [0.05, 0.1) is 5.56 Å². The van der Waals surface area contributed by atoms with Crippen molar-refractivity contribution in [2.45, 2.75) is 6.18 Å². The average molecular weight is 450 g/mol. The van der Waals surface area contributed by atoms with Gasteiger partial charge < -0.3 is 5.32 Å². The molecule has 2 aromatic carbocycles. The molecule has 1 amide bonds. The van der Waals surface area contributed by atoms with Gasteiger partial charge in [-0.15, -0.1) is 11.3 Å². The fraction of sp³-hybridized carbons (Fsp3) is 0.0400. The van der Waals surface area contributed by atoms with Gasteiger partial charge in [-0.3, -0.25) is 9.78 Å². The standard InChI is InChI=1S/C25H17F3N2OS/c26-25(27,28)19-11-9-17(10-12-19)21(23-7-3-15-32-23)5-2-8-24(31)30-22-6-1-4-18-16-29-14-13-20(18)22/h1-16H,(H,30,31)/b8-2+,21-5+. The molecule has 1 N–H and O–H groups in total. The number of hydrogen-bond acceptors (Lipinski definition) is 3. The van der Waals surface area contributed by atoms with Gasteiger partial charge in [0.15, 0.2) is 0 Å². The van der Waals surface area contributed by atoms with Gasteiger partial charge in [0, 0.05) is 39.8 Å². The van der Waals surface area contributed by atoms with Gasteiger partial charge in [0.1, 0.15) is 0 Å². The highest BCUT2D eigenvalue weighted by Gasteiger charge is 2.30. The lowest BCUT2D eigenvalue weighted by Gasteiger charge is -2.09. The number of carbonyl (C=O) groups excluding carboxylic acids is 1. The number of fused-ring (bicyclic) bond motifs is 1. The molecule has 0 aliphatic heterocycles. The van der Waals surface area contributed by atoms with Gasteiger partial charge in [0.2, 0.25) is 5.91 Å². The van der Waals surface area contributed by atoms with Crippen molar-refractivity contribution in [3.8, 4) is 0 Å². The van der Waals surface area contributed by atoms with E-state index in [0.717, 1.165) is 33.4 Å². The van der Waals surface area contributed by atoms with Crippen molar-refractivity contribution in [3.05, 3.63) is 113 Å². The highest BCUT2D eigenvalue weighted by atomic mass is 32.1. The van der Waals surface area contributed by atoms with Gasteiger partial charge in [0.25, 0.3) is 0 Å². The van der Waals surface area contributed by atoms with Crippen LogP contribution in [-0.2, 0) is 11.0 Å². The predicted octanol–water partition coefficient (Wildman–Crippen LogP) is 6.94. The summed E-state index contributed by atoms with van der Waals surface area (Å²) in [6.45, 7) is 0. The second kappa shape index (κ2) is 9.20. The third-order valence-corrected chi connectivity index (χ3v) is 5.66. The van der Waals surface area contributed by atoms with E-state index < -0.39 is 11.7 Å². The SMILES string of the molecule is O=C(/C=C/C=C(\c1ccc(C(F)(F)F)cc1)c1cccs1)Nc1cccc2cnccc12. The molecule has 3 nitrogen and oxygen atoms in total. The Bertz CT molecular complexity index is 1290. The van der Waals surface area contributed by atoms with Crippen molar-refractivity contribution in [2.24, 2.45) is 0 Å². The molecule has 4 aromatic rings. The van der Waals surface area contributed by atoms with E-state index in [-0.39, 0.29) is 5.91 Å². The number of rotatable bonds is 5. The Kier molecular flexibility index (Phi) is 6.18. The normalized spacial score (nSPS) is 12.4. The van der Waals surface area contributed by atoms with E-state index in [9.17, 15) is 18.0 Å². The van der Waals surface area contributed by atoms with Crippen LogP contribution in [-0.4, -0.2) is 10.9 Å². The van der Waals surface area contributed by atoms with Crippen molar-refractivity contribution < 1.29 is 18.0 Å². The predicted molar refractivity (Wildman–Crippen MR) is 122 cm³/mol. The highest BCUT2D eigenvalue weighted by molar-refractivity contribution is 7.11. The van der Waals surface area contributed by atoms with E-state index in [1.165, 1.54) is 29.5 Å². The lowest BCUT2D eigenvalue weighted by Crippen LogP contribution is -2.08. The monoisotopic (exact) mass is 450 g/mol. The van der Waals surface area contributed by atoms with E-state index in [1.807, 2.05) is 41.8 Å². The Morgan fingerprint density at radius 1 is 1.00 bits per heavy atom. The number of hydrogen-bond donors (Lipinski definition) is 1. The first-order chi connectivity index (χ1) is 15.4. The van der Waals surface area contributed by atoms with Crippen LogP contribution in [0.15, 0.2) is 96.7 Å². The Hall–Kier alpha value is -3.71. The number of alkyl halides is 3. The van der Waals surface area contributed by atoms with Crippen LogP contribution in [0.3, 0.4) is 0 Å². The number of nitrogens with one attached hydrogen (secondary N) is 1. The second-order valence-electron chi connectivity index (χ2n) is 6.88. The number of anilines is 1. The van der Waals surface area contributed by atoms with Crippen LogP contribution in [0.2, 0.25) is 0 Å². The van der Waals surface area contributed by atoms with Crippen molar-refractivity contribution in [1.29, 1.82) is 0 Å².